The lowest BCUT2D eigenvalue weighted by molar-refractivity contribution is -0.134. The van der Waals surface area contributed by atoms with Crippen LogP contribution in [-0.4, -0.2) is 69.8 Å². The van der Waals surface area contributed by atoms with Gasteiger partial charge in [-0.05, 0) is 37.7 Å². The summed E-state index contributed by atoms with van der Waals surface area (Å²) in [5.41, 5.74) is 2.67. The molecule has 0 unspecified atom stereocenters. The topological polar surface area (TPSA) is 69.5 Å². The Bertz CT molecular complexity index is 1270. The predicted octanol–water partition coefficient (Wildman–Crippen LogP) is 5.07. The van der Waals surface area contributed by atoms with Gasteiger partial charge in [-0.3, -0.25) is 9.48 Å². The minimum absolute atomic E-state index is 0.167. The molecule has 0 spiro atoms. The number of ketones is 1. The first-order valence-electron chi connectivity index (χ1n) is 13.6. The third-order valence-corrected chi connectivity index (χ3v) is 9.12. The van der Waals surface area contributed by atoms with Gasteiger partial charge < -0.3 is 14.4 Å². The molecule has 0 N–H and O–H groups in total. The second kappa shape index (κ2) is 10.6. The largest absolute Gasteiger partial charge is 0.466 e. The number of Topliss-reactive ketones (excluding diaryl/α,β-unsaturated/α-hetero) is 1. The molecule has 4 heterocycles. The van der Waals surface area contributed by atoms with E-state index in [1.165, 1.54) is 16.2 Å². The van der Waals surface area contributed by atoms with Crippen molar-refractivity contribution in [2.75, 3.05) is 26.2 Å². The van der Waals surface area contributed by atoms with Crippen LogP contribution in [0.15, 0.2) is 24.4 Å². The van der Waals surface area contributed by atoms with E-state index in [0.717, 1.165) is 73.9 Å². The Hall–Kier alpha value is -2.43. The van der Waals surface area contributed by atoms with Crippen LogP contribution in [0.1, 0.15) is 59.5 Å². The third kappa shape index (κ3) is 5.77. The van der Waals surface area contributed by atoms with Crippen molar-refractivity contribution in [3.63, 3.8) is 0 Å². The van der Waals surface area contributed by atoms with E-state index in [4.69, 9.17) is 9.47 Å². The SMILES string of the molecule is Cn1cc2c(C(=O)C[C@H]3CC[C@H](CCN4CCc5nc(OC6CC(F)(F)C6)sc5CC4)OC3)cccc2n1. The first kappa shape index (κ1) is 25.8. The minimum Gasteiger partial charge on any atom is -0.466 e. The van der Waals surface area contributed by atoms with Gasteiger partial charge >= 0.3 is 0 Å². The number of aryl methyl sites for hydroxylation is 1. The monoisotopic (exact) mass is 544 g/mol. The van der Waals surface area contributed by atoms with Crippen molar-refractivity contribution in [2.45, 2.75) is 69.5 Å². The number of hydrogen-bond donors (Lipinski definition) is 0. The number of halogens is 2. The predicted molar refractivity (Wildman–Crippen MR) is 141 cm³/mol. The average Bonchev–Trinajstić information content (AvgIpc) is 3.39. The van der Waals surface area contributed by atoms with Gasteiger partial charge in [-0.1, -0.05) is 23.5 Å². The summed E-state index contributed by atoms with van der Waals surface area (Å²) in [6, 6.07) is 5.74. The lowest BCUT2D eigenvalue weighted by Gasteiger charge is -2.33. The van der Waals surface area contributed by atoms with Crippen molar-refractivity contribution in [2.24, 2.45) is 13.0 Å². The van der Waals surface area contributed by atoms with Crippen molar-refractivity contribution >= 4 is 28.0 Å². The van der Waals surface area contributed by atoms with Crippen molar-refractivity contribution in [1.82, 2.24) is 19.7 Å². The van der Waals surface area contributed by atoms with Crippen LogP contribution in [0.3, 0.4) is 0 Å². The van der Waals surface area contributed by atoms with Crippen molar-refractivity contribution in [3.05, 3.63) is 40.5 Å². The zero-order chi connectivity index (χ0) is 26.3. The summed E-state index contributed by atoms with van der Waals surface area (Å²) in [5.74, 6) is -2.15. The highest BCUT2D eigenvalue weighted by molar-refractivity contribution is 7.13. The summed E-state index contributed by atoms with van der Waals surface area (Å²) in [5, 5.41) is 5.88. The second-order valence-electron chi connectivity index (χ2n) is 11.1. The number of fused-ring (bicyclic) bond motifs is 2. The van der Waals surface area contributed by atoms with E-state index < -0.39 is 12.0 Å². The van der Waals surface area contributed by atoms with Crippen LogP contribution in [0.25, 0.3) is 10.9 Å². The standard InChI is InChI=1S/C28H34F2N4O3S/c1-33-16-22-21(3-2-4-23(22)32-33)25(35)13-18-5-6-19(36-17-18)7-10-34-11-8-24-26(9-12-34)38-27(31-24)37-20-14-28(29,30)15-20/h2-4,16,18-20H,5-15,17H2,1H3/t18-,19-/m1/s1. The van der Waals surface area contributed by atoms with Crippen LogP contribution in [-0.2, 0) is 24.6 Å². The number of alkyl halides is 2. The Kier molecular flexibility index (Phi) is 7.22. The summed E-state index contributed by atoms with van der Waals surface area (Å²) in [7, 11) is 1.88. The zero-order valence-corrected chi connectivity index (χ0v) is 22.5. The number of ether oxygens (including phenoxy) is 2. The molecule has 10 heteroatoms. The van der Waals surface area contributed by atoms with E-state index in [1.807, 2.05) is 31.4 Å². The van der Waals surface area contributed by atoms with E-state index >= 15 is 0 Å². The van der Waals surface area contributed by atoms with Gasteiger partial charge in [0.15, 0.2) is 5.78 Å². The molecular weight excluding hydrogens is 510 g/mol. The molecule has 1 aliphatic carbocycles. The highest BCUT2D eigenvalue weighted by Crippen LogP contribution is 2.41. The van der Waals surface area contributed by atoms with Gasteiger partial charge in [0.05, 0.1) is 23.9 Å². The zero-order valence-electron chi connectivity index (χ0n) is 21.7. The fourth-order valence-corrected chi connectivity index (χ4v) is 6.85. The summed E-state index contributed by atoms with van der Waals surface area (Å²) < 4.78 is 39.8. The molecule has 0 bridgehead atoms. The van der Waals surface area contributed by atoms with Gasteiger partial charge in [-0.15, -0.1) is 0 Å². The second-order valence-corrected chi connectivity index (χ2v) is 12.1. The smallest absolute Gasteiger partial charge is 0.273 e. The summed E-state index contributed by atoms with van der Waals surface area (Å²) in [6.45, 7) is 3.50. The number of nitrogens with zero attached hydrogens (tertiary/aromatic N) is 4. The molecule has 7 nitrogen and oxygen atoms in total. The Balaban J connectivity index is 0.925. The molecule has 1 aromatic carbocycles. The summed E-state index contributed by atoms with van der Waals surface area (Å²) in [4.78, 5) is 21.3. The first-order valence-corrected chi connectivity index (χ1v) is 14.5. The molecule has 3 aliphatic rings. The molecule has 2 fully saturated rings. The van der Waals surface area contributed by atoms with E-state index in [2.05, 4.69) is 15.0 Å². The van der Waals surface area contributed by atoms with Gasteiger partial charge in [0.2, 0.25) is 0 Å². The minimum atomic E-state index is -2.57. The molecule has 3 aromatic rings. The van der Waals surface area contributed by atoms with Crippen LogP contribution in [0, 0.1) is 5.92 Å². The molecule has 0 amide bonds. The highest BCUT2D eigenvalue weighted by atomic mass is 32.1. The molecule has 0 radical (unpaired) electrons. The van der Waals surface area contributed by atoms with Gasteiger partial charge in [-0.25, -0.2) is 13.8 Å². The fraction of sp³-hybridized carbons (Fsp3) is 0.607. The van der Waals surface area contributed by atoms with Gasteiger partial charge in [0, 0.05) is 74.4 Å². The van der Waals surface area contributed by atoms with E-state index in [1.54, 1.807) is 4.68 Å². The van der Waals surface area contributed by atoms with Crippen molar-refractivity contribution in [1.29, 1.82) is 0 Å². The van der Waals surface area contributed by atoms with Crippen LogP contribution in [0.4, 0.5) is 8.78 Å². The maximum Gasteiger partial charge on any atom is 0.273 e. The Morgan fingerprint density at radius 1 is 1.24 bits per heavy atom. The number of aromatic nitrogens is 3. The molecule has 6 rings (SSSR count). The maximum absolute atomic E-state index is 13.1. The van der Waals surface area contributed by atoms with Gasteiger partial charge in [-0.2, -0.15) is 5.10 Å². The molecule has 2 aromatic heterocycles. The quantitative estimate of drug-likeness (QED) is 0.369. The van der Waals surface area contributed by atoms with Crippen molar-refractivity contribution in [3.8, 4) is 5.19 Å². The normalized spacial score (nSPS) is 24.1. The summed E-state index contributed by atoms with van der Waals surface area (Å²) >= 11 is 1.52. The number of carbonyl (C=O) groups is 1. The molecule has 1 saturated heterocycles. The molecule has 38 heavy (non-hydrogen) atoms. The lowest BCUT2D eigenvalue weighted by Crippen LogP contribution is -2.43. The molecule has 1 saturated carbocycles. The first-order chi connectivity index (χ1) is 18.3. The highest BCUT2D eigenvalue weighted by Gasteiger charge is 2.47. The number of thiazole rings is 1. The van der Waals surface area contributed by atoms with Crippen LogP contribution >= 0.6 is 11.3 Å². The third-order valence-electron chi connectivity index (χ3n) is 8.07. The Morgan fingerprint density at radius 3 is 2.87 bits per heavy atom. The van der Waals surface area contributed by atoms with Crippen LogP contribution in [0.2, 0.25) is 0 Å². The molecule has 2 atom stereocenters. The van der Waals surface area contributed by atoms with E-state index in [9.17, 15) is 13.6 Å². The van der Waals surface area contributed by atoms with E-state index in [-0.39, 0.29) is 30.6 Å². The number of benzene rings is 1. The van der Waals surface area contributed by atoms with Gasteiger partial charge in [0.25, 0.3) is 11.1 Å². The van der Waals surface area contributed by atoms with E-state index in [0.29, 0.717) is 18.2 Å². The molecule has 204 valence electrons. The average molecular weight is 545 g/mol. The number of carbonyl (C=O) groups excluding carboxylic acids is 1. The van der Waals surface area contributed by atoms with Crippen molar-refractivity contribution < 1.29 is 23.0 Å². The van der Waals surface area contributed by atoms with Crippen LogP contribution < -0.4 is 4.74 Å². The van der Waals surface area contributed by atoms with Gasteiger partial charge in [0.1, 0.15) is 6.10 Å². The number of hydrogen-bond acceptors (Lipinski definition) is 7. The Labute approximate surface area is 225 Å². The molecular formula is C28H34F2N4O3S. The lowest BCUT2D eigenvalue weighted by atomic mass is 9.90. The molecule has 2 aliphatic heterocycles. The maximum atomic E-state index is 13.1. The number of rotatable bonds is 8. The fourth-order valence-electron chi connectivity index (χ4n) is 5.84. The Morgan fingerprint density at radius 2 is 2.08 bits per heavy atom. The summed E-state index contributed by atoms with van der Waals surface area (Å²) in [6.07, 6.45) is 6.61. The van der Waals surface area contributed by atoms with Crippen LogP contribution in [0.5, 0.6) is 5.19 Å².